The van der Waals surface area contributed by atoms with Crippen molar-refractivity contribution in [2.24, 2.45) is 5.92 Å². The number of rotatable bonds is 1. The predicted molar refractivity (Wildman–Crippen MR) is 55.4 cm³/mol. The lowest BCUT2D eigenvalue weighted by Gasteiger charge is -2.29. The molecule has 0 radical (unpaired) electrons. The Morgan fingerprint density at radius 1 is 1.38 bits per heavy atom. The summed E-state index contributed by atoms with van der Waals surface area (Å²) in [5, 5.41) is 0. The Kier molecular flexibility index (Phi) is 2.12. The molecule has 0 aromatic rings. The molecule has 1 unspecified atom stereocenters. The molecule has 1 heterocycles. The average molecular weight is 177 g/mol. The monoisotopic (exact) mass is 177 g/mol. The second-order valence-electron chi connectivity index (χ2n) is 4.63. The van der Waals surface area contributed by atoms with Crippen LogP contribution in [-0.4, -0.2) is 23.0 Å². The Morgan fingerprint density at radius 3 is 2.54 bits per heavy atom. The van der Waals surface area contributed by atoms with Crippen LogP contribution in [-0.2, 0) is 0 Å². The van der Waals surface area contributed by atoms with Gasteiger partial charge in [-0.2, -0.15) is 0 Å². The Labute approximate surface area is 81.5 Å². The Morgan fingerprint density at radius 2 is 2.08 bits per heavy atom. The first-order chi connectivity index (χ1) is 6.20. The summed E-state index contributed by atoms with van der Waals surface area (Å²) in [6.45, 7) is 7.84. The minimum absolute atomic E-state index is 0.511. The molecule has 72 valence electrons. The molecular weight excluding hydrogens is 158 g/mol. The van der Waals surface area contributed by atoms with Gasteiger partial charge in [0.05, 0.1) is 0 Å². The third-order valence-electron chi connectivity index (χ3n) is 3.58. The molecule has 1 heteroatoms. The maximum Gasteiger partial charge on any atom is 0.0399 e. The molecule has 0 bridgehead atoms. The zero-order chi connectivity index (χ0) is 9.47. The van der Waals surface area contributed by atoms with E-state index in [1.165, 1.54) is 25.8 Å². The highest BCUT2D eigenvalue weighted by atomic mass is 15.3. The van der Waals surface area contributed by atoms with E-state index >= 15 is 0 Å². The number of nitrogens with zero attached hydrogens (tertiary/aromatic N) is 1. The molecule has 1 nitrogen and oxygen atoms in total. The van der Waals surface area contributed by atoms with Crippen molar-refractivity contribution in [3.05, 3.63) is 0 Å². The summed E-state index contributed by atoms with van der Waals surface area (Å²) < 4.78 is 0. The summed E-state index contributed by atoms with van der Waals surface area (Å²) in [6.07, 6.45) is 4.05. The van der Waals surface area contributed by atoms with Crippen LogP contribution in [0.5, 0.6) is 0 Å². The van der Waals surface area contributed by atoms with Crippen molar-refractivity contribution in [2.75, 3.05) is 6.54 Å². The van der Waals surface area contributed by atoms with Crippen LogP contribution < -0.4 is 0 Å². The van der Waals surface area contributed by atoms with Crippen molar-refractivity contribution in [1.82, 2.24) is 4.90 Å². The van der Waals surface area contributed by atoms with Crippen LogP contribution in [0.2, 0.25) is 0 Å². The van der Waals surface area contributed by atoms with Gasteiger partial charge in [-0.05, 0) is 40.0 Å². The van der Waals surface area contributed by atoms with Gasteiger partial charge in [-0.15, -0.1) is 5.92 Å². The molecule has 0 N–H and O–H groups in total. The second kappa shape index (κ2) is 3.03. The number of likely N-dealkylation sites (tertiary alicyclic amines) is 1. The van der Waals surface area contributed by atoms with E-state index in [1.54, 1.807) is 0 Å². The van der Waals surface area contributed by atoms with Crippen molar-refractivity contribution < 1.29 is 0 Å². The molecule has 1 atom stereocenters. The van der Waals surface area contributed by atoms with Crippen LogP contribution in [0.3, 0.4) is 0 Å². The zero-order valence-corrected chi connectivity index (χ0v) is 8.93. The summed E-state index contributed by atoms with van der Waals surface area (Å²) in [4.78, 5) is 2.67. The molecule has 0 aromatic carbocycles. The fraction of sp³-hybridized carbons (Fsp3) is 0.833. The van der Waals surface area contributed by atoms with Gasteiger partial charge in [0.25, 0.3) is 0 Å². The highest BCUT2D eigenvalue weighted by Crippen LogP contribution is 2.53. The first kappa shape index (κ1) is 9.09. The fourth-order valence-electron chi connectivity index (χ4n) is 2.88. The van der Waals surface area contributed by atoms with E-state index in [0.29, 0.717) is 17.5 Å². The molecule has 0 amide bonds. The molecule has 1 saturated heterocycles. The SMILES string of the molecule is CC#CC1CCN(C(C)C)C12CC2. The summed E-state index contributed by atoms with van der Waals surface area (Å²) in [6, 6.07) is 0.700. The van der Waals surface area contributed by atoms with Gasteiger partial charge >= 0.3 is 0 Å². The van der Waals surface area contributed by atoms with E-state index in [9.17, 15) is 0 Å². The van der Waals surface area contributed by atoms with Crippen molar-refractivity contribution in [2.45, 2.75) is 51.6 Å². The molecular formula is C12H19N. The van der Waals surface area contributed by atoms with Gasteiger partial charge in [-0.1, -0.05) is 5.92 Å². The van der Waals surface area contributed by atoms with Gasteiger partial charge in [-0.3, -0.25) is 4.90 Å². The number of hydrogen-bond donors (Lipinski definition) is 0. The Bertz CT molecular complexity index is 252. The maximum absolute atomic E-state index is 3.39. The molecule has 2 fully saturated rings. The van der Waals surface area contributed by atoms with E-state index in [2.05, 4.69) is 30.6 Å². The first-order valence-electron chi connectivity index (χ1n) is 5.40. The highest BCUT2D eigenvalue weighted by Gasteiger charge is 2.57. The van der Waals surface area contributed by atoms with Crippen molar-refractivity contribution >= 4 is 0 Å². The smallest absolute Gasteiger partial charge is 0.0399 e. The third kappa shape index (κ3) is 1.28. The second-order valence-corrected chi connectivity index (χ2v) is 4.63. The number of hydrogen-bond acceptors (Lipinski definition) is 1. The topological polar surface area (TPSA) is 3.24 Å². The van der Waals surface area contributed by atoms with Crippen LogP contribution in [0.4, 0.5) is 0 Å². The fourth-order valence-corrected chi connectivity index (χ4v) is 2.88. The molecule has 13 heavy (non-hydrogen) atoms. The van der Waals surface area contributed by atoms with Crippen molar-refractivity contribution in [3.8, 4) is 11.8 Å². The van der Waals surface area contributed by atoms with Gasteiger partial charge in [0.15, 0.2) is 0 Å². The normalized spacial score (nSPS) is 30.6. The lowest BCUT2D eigenvalue weighted by molar-refractivity contribution is 0.175. The molecule has 1 spiro atoms. The maximum atomic E-state index is 3.39. The van der Waals surface area contributed by atoms with Crippen LogP contribution in [0.15, 0.2) is 0 Å². The highest BCUT2D eigenvalue weighted by molar-refractivity contribution is 5.22. The van der Waals surface area contributed by atoms with E-state index < -0.39 is 0 Å². The molecule has 1 aliphatic carbocycles. The van der Waals surface area contributed by atoms with E-state index in [0.717, 1.165) is 0 Å². The summed E-state index contributed by atoms with van der Waals surface area (Å²) in [7, 11) is 0. The predicted octanol–water partition coefficient (Wildman–Crippen LogP) is 2.27. The third-order valence-corrected chi connectivity index (χ3v) is 3.58. The lowest BCUT2D eigenvalue weighted by Crippen LogP contribution is -2.39. The Balaban J connectivity index is 2.15. The van der Waals surface area contributed by atoms with Crippen LogP contribution >= 0.6 is 0 Å². The minimum Gasteiger partial charge on any atom is -0.294 e. The summed E-state index contributed by atoms with van der Waals surface area (Å²) in [5.74, 6) is 7.15. The first-order valence-corrected chi connectivity index (χ1v) is 5.40. The van der Waals surface area contributed by atoms with Crippen LogP contribution in [0.25, 0.3) is 0 Å². The van der Waals surface area contributed by atoms with Gasteiger partial charge in [0.1, 0.15) is 0 Å². The van der Waals surface area contributed by atoms with Crippen LogP contribution in [0.1, 0.15) is 40.0 Å². The minimum atomic E-state index is 0.511. The molecule has 2 rings (SSSR count). The summed E-state index contributed by atoms with van der Waals surface area (Å²) >= 11 is 0. The molecule has 1 aliphatic heterocycles. The molecule has 0 aromatic heterocycles. The quantitative estimate of drug-likeness (QED) is 0.555. The van der Waals surface area contributed by atoms with Gasteiger partial charge in [-0.25, -0.2) is 0 Å². The zero-order valence-electron chi connectivity index (χ0n) is 8.93. The average Bonchev–Trinajstić information content (AvgIpc) is 2.74. The molecule has 2 aliphatic rings. The van der Waals surface area contributed by atoms with Crippen molar-refractivity contribution in [1.29, 1.82) is 0 Å². The van der Waals surface area contributed by atoms with Crippen LogP contribution in [0, 0.1) is 17.8 Å². The molecule has 1 saturated carbocycles. The van der Waals surface area contributed by atoms with Gasteiger partial charge < -0.3 is 0 Å². The van der Waals surface area contributed by atoms with E-state index in [-0.39, 0.29) is 0 Å². The standard InChI is InChI=1S/C12H19N/c1-4-5-11-6-9-13(10(2)3)12(11)7-8-12/h10-11H,6-9H2,1-3H3. The van der Waals surface area contributed by atoms with Gasteiger partial charge in [0, 0.05) is 24.0 Å². The Hall–Kier alpha value is -0.480. The van der Waals surface area contributed by atoms with Gasteiger partial charge in [0.2, 0.25) is 0 Å². The van der Waals surface area contributed by atoms with E-state index in [1.807, 2.05) is 6.92 Å². The largest absolute Gasteiger partial charge is 0.294 e. The van der Waals surface area contributed by atoms with E-state index in [4.69, 9.17) is 0 Å². The van der Waals surface area contributed by atoms with Crippen molar-refractivity contribution in [3.63, 3.8) is 0 Å². The lowest BCUT2D eigenvalue weighted by atomic mass is 9.98. The summed E-state index contributed by atoms with van der Waals surface area (Å²) in [5.41, 5.74) is 0.511.